The maximum absolute atomic E-state index is 5.11. The van der Waals surface area contributed by atoms with Crippen LogP contribution in [0, 0.1) is 0 Å². The molecule has 4 aromatic rings. The molecule has 2 aromatic heterocycles. The van der Waals surface area contributed by atoms with Gasteiger partial charge in [-0.3, -0.25) is 4.57 Å². The third kappa shape index (κ3) is 3.44. The summed E-state index contributed by atoms with van der Waals surface area (Å²) >= 11 is 0. The number of para-hydroxylation sites is 2. The highest BCUT2D eigenvalue weighted by Crippen LogP contribution is 2.26. The van der Waals surface area contributed by atoms with Gasteiger partial charge >= 0.3 is 0 Å². The van der Waals surface area contributed by atoms with Crippen molar-refractivity contribution in [2.75, 3.05) is 0 Å². The van der Waals surface area contributed by atoms with E-state index in [0.717, 1.165) is 54.9 Å². The van der Waals surface area contributed by atoms with Crippen LogP contribution in [0.1, 0.15) is 48.1 Å². The summed E-state index contributed by atoms with van der Waals surface area (Å²) in [5.41, 5.74) is 7.31. The van der Waals surface area contributed by atoms with Gasteiger partial charge in [-0.15, -0.1) is 0 Å². The van der Waals surface area contributed by atoms with Gasteiger partial charge in [0.25, 0.3) is 0 Å². The highest BCUT2D eigenvalue weighted by molar-refractivity contribution is 5.77. The fourth-order valence-corrected chi connectivity index (χ4v) is 4.41. The molecule has 1 aliphatic rings. The van der Waals surface area contributed by atoms with E-state index < -0.39 is 0 Å². The Morgan fingerprint density at radius 2 is 1.62 bits per heavy atom. The minimum Gasteiger partial charge on any atom is -0.264 e. The monoisotopic (exact) mass is 382 g/mol. The average molecular weight is 383 g/mol. The van der Waals surface area contributed by atoms with E-state index in [1.54, 1.807) is 0 Å². The first-order valence-corrected chi connectivity index (χ1v) is 10.7. The topological polar surface area (TPSA) is 43.6 Å². The summed E-state index contributed by atoms with van der Waals surface area (Å²) in [7, 11) is 0. The predicted molar refractivity (Wildman–Crippen MR) is 117 cm³/mol. The SMILES string of the molecule is CCc1nc2ccccc2n1-c1nc2c(c(CCc3ccccc3)n1)CCCC2. The van der Waals surface area contributed by atoms with Crippen LogP contribution < -0.4 is 0 Å². The second-order valence-corrected chi connectivity index (χ2v) is 7.79. The number of hydrogen-bond donors (Lipinski definition) is 0. The van der Waals surface area contributed by atoms with Gasteiger partial charge in [0.05, 0.1) is 11.0 Å². The van der Waals surface area contributed by atoms with E-state index in [1.807, 2.05) is 6.07 Å². The molecule has 0 atom stereocenters. The first-order valence-electron chi connectivity index (χ1n) is 10.7. The molecule has 1 aliphatic carbocycles. The van der Waals surface area contributed by atoms with Gasteiger partial charge in [0, 0.05) is 17.8 Å². The molecule has 0 aliphatic heterocycles. The number of aryl methyl sites for hydroxylation is 4. The van der Waals surface area contributed by atoms with E-state index in [-0.39, 0.29) is 0 Å². The average Bonchev–Trinajstić information content (AvgIpc) is 3.16. The van der Waals surface area contributed by atoms with Crippen LogP contribution in [0.15, 0.2) is 54.6 Å². The third-order valence-electron chi connectivity index (χ3n) is 5.90. The molecular weight excluding hydrogens is 356 g/mol. The van der Waals surface area contributed by atoms with E-state index in [1.165, 1.54) is 35.4 Å². The first-order chi connectivity index (χ1) is 14.3. The van der Waals surface area contributed by atoms with Crippen molar-refractivity contribution in [3.8, 4) is 5.95 Å². The highest BCUT2D eigenvalue weighted by atomic mass is 15.2. The van der Waals surface area contributed by atoms with E-state index in [4.69, 9.17) is 15.0 Å². The summed E-state index contributed by atoms with van der Waals surface area (Å²) in [5.74, 6) is 1.82. The van der Waals surface area contributed by atoms with Gasteiger partial charge in [-0.05, 0) is 61.8 Å². The van der Waals surface area contributed by atoms with Crippen LogP contribution >= 0.6 is 0 Å². The number of rotatable bonds is 5. The zero-order valence-corrected chi connectivity index (χ0v) is 16.9. The summed E-state index contributed by atoms with van der Waals surface area (Å²) in [5, 5.41) is 0. The molecular formula is C25H26N4. The Balaban J connectivity index is 1.61. The fourth-order valence-electron chi connectivity index (χ4n) is 4.41. The number of fused-ring (bicyclic) bond motifs is 2. The Hall–Kier alpha value is -3.01. The van der Waals surface area contributed by atoms with Crippen molar-refractivity contribution in [3.05, 3.63) is 82.9 Å². The molecule has 29 heavy (non-hydrogen) atoms. The number of aromatic nitrogens is 4. The third-order valence-corrected chi connectivity index (χ3v) is 5.90. The molecule has 0 N–H and O–H groups in total. The Bertz CT molecular complexity index is 1140. The maximum atomic E-state index is 5.11. The molecule has 0 unspecified atom stereocenters. The highest BCUT2D eigenvalue weighted by Gasteiger charge is 2.20. The zero-order chi connectivity index (χ0) is 19.6. The lowest BCUT2D eigenvalue weighted by Crippen LogP contribution is -2.16. The smallest absolute Gasteiger partial charge is 0.236 e. The number of benzene rings is 2. The predicted octanol–water partition coefficient (Wildman–Crippen LogP) is 5.04. The van der Waals surface area contributed by atoms with Gasteiger partial charge in [0.15, 0.2) is 0 Å². The Labute approximate surface area is 171 Å². The van der Waals surface area contributed by atoms with Crippen molar-refractivity contribution < 1.29 is 0 Å². The molecule has 5 rings (SSSR count). The van der Waals surface area contributed by atoms with Crippen LogP contribution in [-0.4, -0.2) is 19.5 Å². The zero-order valence-electron chi connectivity index (χ0n) is 16.9. The molecule has 0 bridgehead atoms. The molecule has 0 saturated carbocycles. The lowest BCUT2D eigenvalue weighted by molar-refractivity contribution is 0.642. The lowest BCUT2D eigenvalue weighted by atomic mass is 9.92. The summed E-state index contributed by atoms with van der Waals surface area (Å²) in [6, 6.07) is 19.0. The summed E-state index contributed by atoms with van der Waals surface area (Å²) in [6.07, 6.45) is 7.43. The van der Waals surface area contributed by atoms with Crippen LogP contribution in [0.2, 0.25) is 0 Å². The largest absolute Gasteiger partial charge is 0.264 e. The normalized spacial score (nSPS) is 13.6. The summed E-state index contributed by atoms with van der Waals surface area (Å²) in [6.45, 7) is 2.15. The Morgan fingerprint density at radius 3 is 2.48 bits per heavy atom. The van der Waals surface area contributed by atoms with Crippen molar-refractivity contribution in [1.82, 2.24) is 19.5 Å². The molecule has 0 spiro atoms. The summed E-state index contributed by atoms with van der Waals surface area (Å²) < 4.78 is 2.16. The van der Waals surface area contributed by atoms with Gasteiger partial charge in [-0.25, -0.2) is 15.0 Å². The van der Waals surface area contributed by atoms with Gasteiger partial charge in [0.2, 0.25) is 5.95 Å². The van der Waals surface area contributed by atoms with E-state index in [0.29, 0.717) is 0 Å². The van der Waals surface area contributed by atoms with Gasteiger partial charge in [-0.1, -0.05) is 49.4 Å². The Morgan fingerprint density at radius 1 is 0.828 bits per heavy atom. The standard InChI is InChI=1S/C25H26N4/c1-2-24-26-22-14-8-9-15-23(22)29(24)25-27-20-13-7-6-12-19(20)21(28-25)17-16-18-10-4-3-5-11-18/h3-5,8-11,14-15H,2,6-7,12-13,16-17H2,1H3. The summed E-state index contributed by atoms with van der Waals surface area (Å²) in [4.78, 5) is 15.0. The molecule has 0 saturated heterocycles. The second kappa shape index (κ2) is 7.78. The lowest BCUT2D eigenvalue weighted by Gasteiger charge is -2.20. The van der Waals surface area contributed by atoms with Gasteiger partial charge in [-0.2, -0.15) is 0 Å². The van der Waals surface area contributed by atoms with Crippen LogP contribution in [0.4, 0.5) is 0 Å². The van der Waals surface area contributed by atoms with E-state index in [2.05, 4.69) is 60.0 Å². The molecule has 146 valence electrons. The van der Waals surface area contributed by atoms with Crippen LogP contribution in [0.3, 0.4) is 0 Å². The van der Waals surface area contributed by atoms with E-state index >= 15 is 0 Å². The molecule has 0 radical (unpaired) electrons. The quantitative estimate of drug-likeness (QED) is 0.485. The van der Waals surface area contributed by atoms with Crippen molar-refractivity contribution >= 4 is 11.0 Å². The van der Waals surface area contributed by atoms with Crippen molar-refractivity contribution in [3.63, 3.8) is 0 Å². The van der Waals surface area contributed by atoms with Gasteiger partial charge in [0.1, 0.15) is 5.82 Å². The minimum atomic E-state index is 0.791. The number of nitrogens with zero attached hydrogens (tertiary/aromatic N) is 4. The first kappa shape index (κ1) is 18.0. The number of imidazole rings is 1. The van der Waals surface area contributed by atoms with Gasteiger partial charge < -0.3 is 0 Å². The van der Waals surface area contributed by atoms with E-state index in [9.17, 15) is 0 Å². The van der Waals surface area contributed by atoms with Crippen molar-refractivity contribution in [1.29, 1.82) is 0 Å². The van der Waals surface area contributed by atoms with Crippen molar-refractivity contribution in [2.24, 2.45) is 0 Å². The molecule has 0 fully saturated rings. The van der Waals surface area contributed by atoms with Crippen LogP contribution in [-0.2, 0) is 32.1 Å². The Kier molecular flexibility index (Phi) is 4.84. The fraction of sp³-hybridized carbons (Fsp3) is 0.320. The molecule has 2 aromatic carbocycles. The molecule has 4 heteroatoms. The molecule has 0 amide bonds. The second-order valence-electron chi connectivity index (χ2n) is 7.79. The van der Waals surface area contributed by atoms with Crippen LogP contribution in [0.25, 0.3) is 17.0 Å². The molecule has 2 heterocycles. The van der Waals surface area contributed by atoms with Crippen LogP contribution in [0.5, 0.6) is 0 Å². The number of hydrogen-bond acceptors (Lipinski definition) is 3. The molecule has 4 nitrogen and oxygen atoms in total. The minimum absolute atomic E-state index is 0.791. The van der Waals surface area contributed by atoms with Crippen molar-refractivity contribution in [2.45, 2.75) is 51.9 Å². The maximum Gasteiger partial charge on any atom is 0.236 e.